The number of amidine groups is 1. The number of thioether (sulfide) groups is 1. The molecule has 3 saturated heterocycles. The third-order valence-electron chi connectivity index (χ3n) is 4.58. The molecule has 0 aliphatic carbocycles. The summed E-state index contributed by atoms with van der Waals surface area (Å²) >= 11 is 1.30. The Labute approximate surface area is 149 Å². The van der Waals surface area contributed by atoms with Gasteiger partial charge in [-0.1, -0.05) is 11.8 Å². The fraction of sp³-hybridized carbons (Fsp3) is 0.500. The maximum Gasteiger partial charge on any atom is 0.277 e. The van der Waals surface area contributed by atoms with Gasteiger partial charge in [0.15, 0.2) is 15.0 Å². The molecule has 3 atom stereocenters. The molecule has 0 bridgehead atoms. The van der Waals surface area contributed by atoms with Gasteiger partial charge in [0.1, 0.15) is 11.9 Å². The van der Waals surface area contributed by atoms with E-state index in [4.69, 9.17) is 4.74 Å². The van der Waals surface area contributed by atoms with Crippen molar-refractivity contribution >= 4 is 38.4 Å². The van der Waals surface area contributed by atoms with E-state index < -0.39 is 15.9 Å². The maximum absolute atomic E-state index is 13.3. The molecule has 3 heterocycles. The summed E-state index contributed by atoms with van der Waals surface area (Å²) in [5, 5.41) is 0.295. The average molecular weight is 384 g/mol. The predicted molar refractivity (Wildman–Crippen MR) is 94.1 cm³/mol. The normalized spacial score (nSPS) is 32.3. The number of hydrogen-bond donors (Lipinski definition) is 0. The molecule has 134 valence electrons. The van der Waals surface area contributed by atoms with Crippen molar-refractivity contribution in [1.29, 1.82) is 0 Å². The Hall–Kier alpha value is -1.45. The second kappa shape index (κ2) is 6.37. The summed E-state index contributed by atoms with van der Waals surface area (Å²) in [6, 6.07) is 5.49. The van der Waals surface area contributed by atoms with Crippen LogP contribution >= 0.6 is 11.8 Å². The third kappa shape index (κ3) is 3.32. The highest BCUT2D eigenvalue weighted by molar-refractivity contribution is 8.16. The molecule has 1 amide bonds. The lowest BCUT2D eigenvalue weighted by Gasteiger charge is -2.24. The molecule has 0 N–H and O–H groups in total. The van der Waals surface area contributed by atoms with Crippen molar-refractivity contribution in [2.45, 2.75) is 30.2 Å². The molecule has 0 saturated carbocycles. The minimum Gasteiger partial charge on any atom is -0.368 e. The molecule has 3 aliphatic rings. The zero-order chi connectivity index (χ0) is 17.6. The van der Waals surface area contributed by atoms with Crippen molar-refractivity contribution in [3.63, 3.8) is 0 Å². The lowest BCUT2D eigenvalue weighted by atomic mass is 10.2. The molecule has 0 aromatic heterocycles. The van der Waals surface area contributed by atoms with E-state index in [0.717, 1.165) is 6.42 Å². The van der Waals surface area contributed by atoms with Crippen molar-refractivity contribution in [1.82, 2.24) is 0 Å². The van der Waals surface area contributed by atoms with Crippen LogP contribution in [-0.2, 0) is 19.4 Å². The minimum absolute atomic E-state index is 0.00911. The Morgan fingerprint density at radius 2 is 2.04 bits per heavy atom. The van der Waals surface area contributed by atoms with Gasteiger partial charge in [0.05, 0.1) is 17.5 Å². The van der Waals surface area contributed by atoms with Crippen LogP contribution in [0.3, 0.4) is 0 Å². The number of sulfone groups is 1. The topological polar surface area (TPSA) is 76.0 Å². The number of nitrogens with zero attached hydrogens (tertiary/aromatic N) is 2. The van der Waals surface area contributed by atoms with Crippen LogP contribution in [0.15, 0.2) is 29.3 Å². The summed E-state index contributed by atoms with van der Waals surface area (Å²) in [5.41, 5.74) is 0.636. The highest BCUT2D eigenvalue weighted by Gasteiger charge is 2.49. The largest absolute Gasteiger partial charge is 0.368 e. The van der Waals surface area contributed by atoms with Gasteiger partial charge in [-0.2, -0.15) is 4.99 Å². The van der Waals surface area contributed by atoms with Gasteiger partial charge < -0.3 is 9.64 Å². The van der Waals surface area contributed by atoms with E-state index in [9.17, 15) is 17.6 Å². The van der Waals surface area contributed by atoms with E-state index in [2.05, 4.69) is 4.99 Å². The maximum atomic E-state index is 13.3. The van der Waals surface area contributed by atoms with Crippen molar-refractivity contribution in [2.75, 3.05) is 23.0 Å². The Morgan fingerprint density at radius 1 is 1.28 bits per heavy atom. The van der Waals surface area contributed by atoms with Crippen LogP contribution in [0.4, 0.5) is 10.1 Å². The van der Waals surface area contributed by atoms with Crippen LogP contribution < -0.4 is 4.90 Å². The first-order chi connectivity index (χ1) is 11.9. The Balaban J connectivity index is 1.68. The highest BCUT2D eigenvalue weighted by atomic mass is 32.2. The summed E-state index contributed by atoms with van der Waals surface area (Å²) in [5.74, 6) is -0.641. The summed E-state index contributed by atoms with van der Waals surface area (Å²) in [4.78, 5) is 18.3. The molecule has 25 heavy (non-hydrogen) atoms. The van der Waals surface area contributed by atoms with Gasteiger partial charge in [0, 0.05) is 17.5 Å². The zero-order valence-corrected chi connectivity index (χ0v) is 14.9. The van der Waals surface area contributed by atoms with Gasteiger partial charge in [-0.15, -0.1) is 0 Å². The lowest BCUT2D eigenvalue weighted by molar-refractivity contribution is -0.126. The zero-order valence-electron chi connectivity index (χ0n) is 13.3. The number of amides is 1. The van der Waals surface area contributed by atoms with E-state index in [1.54, 1.807) is 17.0 Å². The predicted octanol–water partition coefficient (Wildman–Crippen LogP) is 1.61. The minimum atomic E-state index is -3.12. The third-order valence-corrected chi connectivity index (χ3v) is 7.79. The molecule has 6 nitrogen and oxygen atoms in total. The summed E-state index contributed by atoms with van der Waals surface area (Å²) in [6.07, 6.45) is 0.963. The first-order valence-electron chi connectivity index (χ1n) is 8.09. The SMILES string of the molecule is O=C(N=C1S[C@@H]2CS(=O)(=O)C[C@@H]2N1c1ccc(F)cc1)[C@H]1CCCO1. The summed E-state index contributed by atoms with van der Waals surface area (Å²) in [6.45, 7) is 0.555. The number of fused-ring (bicyclic) bond motifs is 1. The van der Waals surface area contributed by atoms with E-state index >= 15 is 0 Å². The van der Waals surface area contributed by atoms with Crippen LogP contribution in [0.1, 0.15) is 12.8 Å². The van der Waals surface area contributed by atoms with Gasteiger partial charge in [-0.3, -0.25) is 4.79 Å². The lowest BCUT2D eigenvalue weighted by Crippen LogP contribution is -2.38. The number of carbonyl (C=O) groups is 1. The number of halogens is 1. The van der Waals surface area contributed by atoms with Crippen LogP contribution in [0.2, 0.25) is 0 Å². The first kappa shape index (κ1) is 17.0. The Bertz CT molecular complexity index is 819. The molecule has 1 aromatic carbocycles. The second-order valence-corrected chi connectivity index (χ2v) is 9.74. The number of ether oxygens (including phenoxy) is 1. The Kier molecular flexibility index (Phi) is 4.33. The highest BCUT2D eigenvalue weighted by Crippen LogP contribution is 2.41. The first-order valence-corrected chi connectivity index (χ1v) is 10.8. The van der Waals surface area contributed by atoms with Crippen LogP contribution in [0.25, 0.3) is 0 Å². The van der Waals surface area contributed by atoms with Gasteiger partial charge >= 0.3 is 0 Å². The average Bonchev–Trinajstić information content (AvgIpc) is 3.23. The van der Waals surface area contributed by atoms with Gasteiger partial charge in [0.2, 0.25) is 0 Å². The smallest absolute Gasteiger partial charge is 0.277 e. The fourth-order valence-corrected chi connectivity index (χ4v) is 7.33. The van der Waals surface area contributed by atoms with Crippen LogP contribution in [-0.4, -0.2) is 55.0 Å². The summed E-state index contributed by atoms with van der Waals surface area (Å²) in [7, 11) is -3.12. The van der Waals surface area contributed by atoms with Crippen molar-refractivity contribution in [3.05, 3.63) is 30.1 Å². The number of rotatable bonds is 2. The van der Waals surface area contributed by atoms with E-state index in [1.807, 2.05) is 0 Å². The van der Waals surface area contributed by atoms with E-state index in [1.165, 1.54) is 23.9 Å². The standard InChI is InChI=1S/C16H17FN2O4S2/c17-10-3-5-11(6-4-10)19-12-8-25(21,22)9-14(12)24-16(19)18-15(20)13-2-1-7-23-13/h3-6,12-14H,1-2,7-9H2/t12-,13+,14+/m0/s1. The van der Waals surface area contributed by atoms with Gasteiger partial charge in [-0.05, 0) is 37.1 Å². The molecular formula is C16H17FN2O4S2. The van der Waals surface area contributed by atoms with Crippen LogP contribution in [0, 0.1) is 5.82 Å². The van der Waals surface area contributed by atoms with E-state index in [0.29, 0.717) is 23.9 Å². The van der Waals surface area contributed by atoms with E-state index in [-0.39, 0.29) is 34.5 Å². The van der Waals surface area contributed by atoms with Crippen molar-refractivity contribution in [3.8, 4) is 0 Å². The number of aliphatic imine (C=N–C) groups is 1. The molecule has 0 unspecified atom stereocenters. The number of anilines is 1. The molecule has 9 heteroatoms. The second-order valence-electron chi connectivity index (χ2n) is 6.38. The van der Waals surface area contributed by atoms with Gasteiger partial charge in [0.25, 0.3) is 5.91 Å². The molecular weight excluding hydrogens is 367 g/mol. The molecule has 1 aromatic rings. The summed E-state index contributed by atoms with van der Waals surface area (Å²) < 4.78 is 42.6. The molecule has 3 aliphatic heterocycles. The van der Waals surface area contributed by atoms with Crippen LogP contribution in [0.5, 0.6) is 0 Å². The number of carbonyl (C=O) groups excluding carboxylic acids is 1. The molecule has 3 fully saturated rings. The molecule has 4 rings (SSSR count). The monoisotopic (exact) mass is 384 g/mol. The number of hydrogen-bond acceptors (Lipinski definition) is 5. The quantitative estimate of drug-likeness (QED) is 0.771. The Morgan fingerprint density at radius 3 is 2.72 bits per heavy atom. The van der Waals surface area contributed by atoms with Crippen molar-refractivity contribution in [2.24, 2.45) is 4.99 Å². The fourth-order valence-electron chi connectivity index (χ4n) is 3.41. The molecule has 0 spiro atoms. The van der Waals surface area contributed by atoms with Crippen molar-refractivity contribution < 1.29 is 22.3 Å². The van der Waals surface area contributed by atoms with Gasteiger partial charge in [-0.25, -0.2) is 12.8 Å². The number of benzene rings is 1. The molecule has 0 radical (unpaired) electrons.